The molecule has 0 atom stereocenters. The first-order valence-corrected chi connectivity index (χ1v) is 5.64. The smallest absolute Gasteiger partial charge is 0.324 e. The molecule has 0 spiro atoms. The molecule has 0 saturated heterocycles. The number of anilines is 1. The second-order valence-corrected chi connectivity index (χ2v) is 4.17. The van der Waals surface area contributed by atoms with E-state index < -0.39 is 24.9 Å². The van der Waals surface area contributed by atoms with Crippen LogP contribution >= 0.6 is 11.3 Å². The van der Waals surface area contributed by atoms with Gasteiger partial charge in [0.25, 0.3) is 0 Å². The van der Waals surface area contributed by atoms with Crippen LogP contribution in [0.2, 0.25) is 0 Å². The van der Waals surface area contributed by atoms with Gasteiger partial charge in [-0.05, 0) is 0 Å². The summed E-state index contributed by atoms with van der Waals surface area (Å²) in [5, 5.41) is 3.61. The van der Waals surface area contributed by atoms with E-state index in [1.807, 2.05) is 0 Å². The lowest BCUT2D eigenvalue weighted by Crippen LogP contribution is -2.34. The second-order valence-electron chi connectivity index (χ2n) is 3.31. The number of nitrogens with zero attached hydrogens (tertiary/aromatic N) is 1. The number of methoxy groups -OCH3 is 1. The van der Waals surface area contributed by atoms with E-state index in [0.29, 0.717) is 5.69 Å². The van der Waals surface area contributed by atoms with E-state index in [4.69, 9.17) is 0 Å². The van der Waals surface area contributed by atoms with Crippen molar-refractivity contribution in [1.82, 2.24) is 4.98 Å². The van der Waals surface area contributed by atoms with Crippen LogP contribution in [-0.2, 0) is 16.0 Å². The van der Waals surface area contributed by atoms with Gasteiger partial charge in [-0.25, -0.2) is 13.8 Å². The van der Waals surface area contributed by atoms with E-state index in [1.165, 1.54) is 12.5 Å². The van der Waals surface area contributed by atoms with E-state index in [1.54, 1.807) is 0 Å². The standard InChI is InChI=1S/C9H10F4N2O2S/c1-17-6(16)2-5-3-18-8(15-5)14-4-9(12,13)7(10)11/h3,7H,2,4H2,1H3,(H,14,15). The SMILES string of the molecule is COC(=O)Cc1csc(NCC(F)(F)C(F)F)n1. The average Bonchev–Trinajstić information content (AvgIpc) is 2.74. The van der Waals surface area contributed by atoms with Crippen molar-refractivity contribution in [3.63, 3.8) is 0 Å². The summed E-state index contributed by atoms with van der Waals surface area (Å²) in [5.41, 5.74) is 0.328. The molecule has 0 aliphatic carbocycles. The van der Waals surface area contributed by atoms with Crippen molar-refractivity contribution >= 4 is 22.4 Å². The maximum absolute atomic E-state index is 12.6. The molecule has 0 amide bonds. The maximum atomic E-state index is 12.6. The van der Waals surface area contributed by atoms with E-state index in [-0.39, 0.29) is 11.6 Å². The Morgan fingerprint density at radius 3 is 2.83 bits per heavy atom. The monoisotopic (exact) mass is 286 g/mol. The first-order chi connectivity index (χ1) is 8.35. The van der Waals surface area contributed by atoms with Crippen molar-refractivity contribution in [3.8, 4) is 0 Å². The zero-order valence-corrected chi connectivity index (χ0v) is 10.1. The summed E-state index contributed by atoms with van der Waals surface area (Å²) >= 11 is 0.946. The van der Waals surface area contributed by atoms with Gasteiger partial charge in [0.05, 0.1) is 25.8 Å². The highest BCUT2D eigenvalue weighted by atomic mass is 32.1. The maximum Gasteiger partial charge on any atom is 0.324 e. The Morgan fingerprint density at radius 2 is 2.28 bits per heavy atom. The van der Waals surface area contributed by atoms with E-state index in [9.17, 15) is 22.4 Å². The molecule has 0 saturated carbocycles. The molecule has 0 bridgehead atoms. The molecule has 1 heterocycles. The van der Waals surface area contributed by atoms with Gasteiger partial charge >= 0.3 is 18.3 Å². The molecule has 4 nitrogen and oxygen atoms in total. The largest absolute Gasteiger partial charge is 0.469 e. The molecule has 0 aliphatic rings. The predicted molar refractivity (Wildman–Crippen MR) is 57.3 cm³/mol. The van der Waals surface area contributed by atoms with Gasteiger partial charge in [-0.1, -0.05) is 0 Å². The quantitative estimate of drug-likeness (QED) is 0.643. The van der Waals surface area contributed by atoms with Gasteiger partial charge in [0.15, 0.2) is 5.13 Å². The molecule has 9 heteroatoms. The molecule has 0 fully saturated rings. The van der Waals surface area contributed by atoms with Crippen LogP contribution in [0.3, 0.4) is 0 Å². The summed E-state index contributed by atoms with van der Waals surface area (Å²) < 4.78 is 53.3. The zero-order valence-electron chi connectivity index (χ0n) is 9.25. The molecule has 0 radical (unpaired) electrons. The first-order valence-electron chi connectivity index (χ1n) is 4.76. The van der Waals surface area contributed by atoms with Crippen LogP contribution in [0.15, 0.2) is 5.38 Å². The van der Waals surface area contributed by atoms with Gasteiger partial charge in [-0.2, -0.15) is 8.78 Å². The number of nitrogens with one attached hydrogen (secondary N) is 1. The van der Waals surface area contributed by atoms with Crippen LogP contribution < -0.4 is 5.32 Å². The Morgan fingerprint density at radius 1 is 1.61 bits per heavy atom. The summed E-state index contributed by atoms with van der Waals surface area (Å²) in [6, 6.07) is 0. The van der Waals surface area contributed by atoms with E-state index >= 15 is 0 Å². The highest BCUT2D eigenvalue weighted by molar-refractivity contribution is 7.13. The lowest BCUT2D eigenvalue weighted by molar-refractivity contribution is -0.139. The third kappa shape index (κ3) is 4.13. The number of halogens is 4. The van der Waals surface area contributed by atoms with E-state index in [0.717, 1.165) is 11.3 Å². The number of alkyl halides is 4. The lowest BCUT2D eigenvalue weighted by Gasteiger charge is -2.14. The Kier molecular flexibility index (Phi) is 4.88. The first kappa shape index (κ1) is 14.7. The second kappa shape index (κ2) is 5.98. The minimum atomic E-state index is -4.12. The average molecular weight is 286 g/mol. The van der Waals surface area contributed by atoms with Crippen molar-refractivity contribution in [2.75, 3.05) is 19.0 Å². The zero-order chi connectivity index (χ0) is 13.8. The van der Waals surface area contributed by atoms with Crippen molar-refractivity contribution in [2.24, 2.45) is 0 Å². The third-order valence-corrected chi connectivity index (χ3v) is 2.75. The number of rotatable bonds is 6. The Bertz CT molecular complexity index is 411. The van der Waals surface area contributed by atoms with Gasteiger partial charge in [0.1, 0.15) is 0 Å². The summed E-state index contributed by atoms with van der Waals surface area (Å²) in [6.45, 7) is -1.21. The van der Waals surface area contributed by atoms with Crippen LogP contribution in [0, 0.1) is 0 Å². The predicted octanol–water partition coefficient (Wildman–Crippen LogP) is 2.17. The number of esters is 1. The van der Waals surface area contributed by atoms with Crippen LogP contribution in [0.4, 0.5) is 22.7 Å². The van der Waals surface area contributed by atoms with Crippen molar-refractivity contribution in [1.29, 1.82) is 0 Å². The van der Waals surface area contributed by atoms with Crippen LogP contribution in [0.5, 0.6) is 0 Å². The number of ether oxygens (including phenoxy) is 1. The van der Waals surface area contributed by atoms with Gasteiger partial charge < -0.3 is 10.1 Å². The number of hydrogen-bond donors (Lipinski definition) is 1. The fourth-order valence-electron chi connectivity index (χ4n) is 0.960. The molecule has 1 aromatic heterocycles. The van der Waals surface area contributed by atoms with Crippen LogP contribution in [0.25, 0.3) is 0 Å². The normalized spacial score (nSPS) is 11.7. The highest BCUT2D eigenvalue weighted by Crippen LogP contribution is 2.24. The topological polar surface area (TPSA) is 51.2 Å². The molecular formula is C9H10F4N2O2S. The van der Waals surface area contributed by atoms with Crippen LogP contribution in [0.1, 0.15) is 5.69 Å². The summed E-state index contributed by atoms with van der Waals surface area (Å²) in [4.78, 5) is 14.7. The molecule has 18 heavy (non-hydrogen) atoms. The highest BCUT2D eigenvalue weighted by Gasteiger charge is 2.40. The van der Waals surface area contributed by atoms with Gasteiger partial charge in [-0.15, -0.1) is 11.3 Å². The minimum Gasteiger partial charge on any atom is -0.469 e. The van der Waals surface area contributed by atoms with Crippen molar-refractivity contribution < 1.29 is 27.1 Å². The molecule has 1 rings (SSSR count). The number of aromatic nitrogens is 1. The number of carbonyl (C=O) groups excluding carboxylic acids is 1. The molecular weight excluding hydrogens is 276 g/mol. The minimum absolute atomic E-state index is 0.0502. The van der Waals surface area contributed by atoms with E-state index in [2.05, 4.69) is 15.0 Å². The van der Waals surface area contributed by atoms with Crippen molar-refractivity contribution in [3.05, 3.63) is 11.1 Å². The summed E-state index contributed by atoms with van der Waals surface area (Å²) in [5.74, 6) is -4.64. The molecule has 1 aromatic rings. The molecule has 0 unspecified atom stereocenters. The Hall–Kier alpha value is -1.38. The third-order valence-electron chi connectivity index (χ3n) is 1.90. The number of carbonyl (C=O) groups is 1. The van der Waals surface area contributed by atoms with Crippen LogP contribution in [-0.4, -0.2) is 37.0 Å². The fraction of sp³-hybridized carbons (Fsp3) is 0.556. The lowest BCUT2D eigenvalue weighted by atomic mass is 10.3. The summed E-state index contributed by atoms with van der Waals surface area (Å²) in [7, 11) is 1.21. The Balaban J connectivity index is 2.52. The number of thiazole rings is 1. The van der Waals surface area contributed by atoms with Gasteiger partial charge in [0.2, 0.25) is 0 Å². The molecule has 0 aromatic carbocycles. The Labute approximate surface area is 104 Å². The van der Waals surface area contributed by atoms with Gasteiger partial charge in [0, 0.05) is 5.38 Å². The molecule has 1 N–H and O–H groups in total. The molecule has 0 aliphatic heterocycles. The van der Waals surface area contributed by atoms with Gasteiger partial charge in [-0.3, -0.25) is 4.79 Å². The summed E-state index contributed by atoms with van der Waals surface area (Å²) in [6.07, 6.45) is -3.83. The number of hydrogen-bond acceptors (Lipinski definition) is 5. The van der Waals surface area contributed by atoms with Crippen molar-refractivity contribution in [2.45, 2.75) is 18.8 Å². The molecule has 102 valence electrons. The fourth-order valence-corrected chi connectivity index (χ4v) is 1.67.